The predicted octanol–water partition coefficient (Wildman–Crippen LogP) is 2.87. The van der Waals surface area contributed by atoms with Gasteiger partial charge in [0.25, 0.3) is 0 Å². The highest BCUT2D eigenvalue weighted by atomic mass is 35.5. The number of halogens is 2. The van der Waals surface area contributed by atoms with Gasteiger partial charge in [0.15, 0.2) is 5.82 Å². The molecule has 128 valence electrons. The zero-order valence-corrected chi connectivity index (χ0v) is 14.9. The Morgan fingerprint density at radius 2 is 2.09 bits per heavy atom. The molecule has 1 atom stereocenters. The van der Waals surface area contributed by atoms with E-state index in [1.165, 1.54) is 0 Å². The highest BCUT2D eigenvalue weighted by Gasteiger charge is 2.13. The molecule has 3 N–H and O–H groups in total. The van der Waals surface area contributed by atoms with Gasteiger partial charge in [-0.3, -0.25) is 4.79 Å². The van der Waals surface area contributed by atoms with Crippen LogP contribution in [0, 0.1) is 0 Å². The first-order chi connectivity index (χ1) is 10.2. The van der Waals surface area contributed by atoms with Gasteiger partial charge in [-0.15, -0.1) is 35.0 Å². The SMILES string of the molecule is CCCC(N)C(=O)Nc1cccc(-c2nncn2CC)c1.Cl.Cl. The van der Waals surface area contributed by atoms with Crippen LogP contribution in [0.15, 0.2) is 30.6 Å². The first-order valence-corrected chi connectivity index (χ1v) is 7.20. The molecule has 8 heteroatoms. The van der Waals surface area contributed by atoms with E-state index in [2.05, 4.69) is 15.5 Å². The second kappa shape index (κ2) is 10.2. The zero-order valence-electron chi connectivity index (χ0n) is 13.2. The second-order valence-electron chi connectivity index (χ2n) is 4.91. The quantitative estimate of drug-likeness (QED) is 0.829. The number of benzene rings is 1. The molecule has 23 heavy (non-hydrogen) atoms. The van der Waals surface area contributed by atoms with Crippen LogP contribution in [0.25, 0.3) is 11.4 Å². The van der Waals surface area contributed by atoms with Gasteiger partial charge < -0.3 is 15.6 Å². The van der Waals surface area contributed by atoms with E-state index in [4.69, 9.17) is 5.73 Å². The van der Waals surface area contributed by atoms with E-state index in [0.29, 0.717) is 6.42 Å². The largest absolute Gasteiger partial charge is 0.325 e. The molecule has 0 aliphatic heterocycles. The number of carbonyl (C=O) groups is 1. The number of nitrogens with one attached hydrogen (secondary N) is 1. The fraction of sp³-hybridized carbons (Fsp3) is 0.400. The molecular weight excluding hydrogens is 337 g/mol. The normalized spacial score (nSPS) is 11.1. The van der Waals surface area contributed by atoms with E-state index in [1.54, 1.807) is 6.33 Å². The highest BCUT2D eigenvalue weighted by molar-refractivity contribution is 5.95. The number of aryl methyl sites for hydroxylation is 1. The van der Waals surface area contributed by atoms with Gasteiger partial charge in [0, 0.05) is 17.8 Å². The lowest BCUT2D eigenvalue weighted by Gasteiger charge is -2.12. The maximum Gasteiger partial charge on any atom is 0.241 e. The first kappa shape index (κ1) is 21.4. The number of hydrogen-bond donors (Lipinski definition) is 2. The van der Waals surface area contributed by atoms with Crippen molar-refractivity contribution in [3.05, 3.63) is 30.6 Å². The Balaban J connectivity index is 0.00000242. The molecule has 0 aliphatic carbocycles. The van der Waals surface area contributed by atoms with Gasteiger partial charge in [-0.05, 0) is 25.5 Å². The number of carbonyl (C=O) groups excluding carboxylic acids is 1. The molecule has 2 rings (SSSR count). The third kappa shape index (κ3) is 5.49. The molecule has 6 nitrogen and oxygen atoms in total. The Morgan fingerprint density at radius 3 is 2.74 bits per heavy atom. The third-order valence-electron chi connectivity index (χ3n) is 3.28. The van der Waals surface area contributed by atoms with Crippen molar-refractivity contribution in [1.82, 2.24) is 14.8 Å². The molecule has 0 aliphatic rings. The van der Waals surface area contributed by atoms with Crippen molar-refractivity contribution in [2.75, 3.05) is 5.32 Å². The van der Waals surface area contributed by atoms with Crippen LogP contribution in [0.4, 0.5) is 5.69 Å². The van der Waals surface area contributed by atoms with E-state index in [0.717, 1.165) is 30.0 Å². The summed E-state index contributed by atoms with van der Waals surface area (Å²) in [5.74, 6) is 0.623. The minimum atomic E-state index is -0.474. The molecule has 1 heterocycles. The fourth-order valence-corrected chi connectivity index (χ4v) is 2.12. The number of rotatable bonds is 6. The average Bonchev–Trinajstić information content (AvgIpc) is 2.96. The first-order valence-electron chi connectivity index (χ1n) is 7.20. The topological polar surface area (TPSA) is 85.8 Å². The van der Waals surface area contributed by atoms with E-state index >= 15 is 0 Å². The van der Waals surface area contributed by atoms with Crippen molar-refractivity contribution in [2.45, 2.75) is 39.3 Å². The zero-order chi connectivity index (χ0) is 15.2. The summed E-state index contributed by atoms with van der Waals surface area (Å²) in [5.41, 5.74) is 7.45. The van der Waals surface area contributed by atoms with Gasteiger partial charge >= 0.3 is 0 Å². The van der Waals surface area contributed by atoms with Crippen LogP contribution in [-0.4, -0.2) is 26.7 Å². The van der Waals surface area contributed by atoms with Gasteiger partial charge in [0.05, 0.1) is 6.04 Å². The molecule has 0 saturated heterocycles. The van der Waals surface area contributed by atoms with Crippen molar-refractivity contribution in [3.63, 3.8) is 0 Å². The van der Waals surface area contributed by atoms with Crippen LogP contribution in [0.1, 0.15) is 26.7 Å². The summed E-state index contributed by atoms with van der Waals surface area (Å²) in [6.07, 6.45) is 3.25. The van der Waals surface area contributed by atoms with Gasteiger partial charge in [0.2, 0.25) is 5.91 Å². The highest BCUT2D eigenvalue weighted by Crippen LogP contribution is 2.20. The second-order valence-corrected chi connectivity index (χ2v) is 4.91. The smallest absolute Gasteiger partial charge is 0.241 e. The monoisotopic (exact) mass is 359 g/mol. The minimum Gasteiger partial charge on any atom is -0.325 e. The van der Waals surface area contributed by atoms with Crippen molar-refractivity contribution in [2.24, 2.45) is 5.73 Å². The van der Waals surface area contributed by atoms with Crippen molar-refractivity contribution in [1.29, 1.82) is 0 Å². The third-order valence-corrected chi connectivity index (χ3v) is 3.28. The Bertz CT molecular complexity index is 617. The number of amides is 1. The lowest BCUT2D eigenvalue weighted by atomic mass is 10.1. The summed E-state index contributed by atoms with van der Waals surface area (Å²) in [6.45, 7) is 4.83. The van der Waals surface area contributed by atoms with Crippen LogP contribution in [0.2, 0.25) is 0 Å². The van der Waals surface area contributed by atoms with E-state index in [1.807, 2.05) is 42.7 Å². The molecule has 0 radical (unpaired) electrons. The van der Waals surface area contributed by atoms with Crippen LogP contribution in [0.5, 0.6) is 0 Å². The molecule has 1 aromatic carbocycles. The molecule has 0 fully saturated rings. The molecule has 2 aromatic rings. The van der Waals surface area contributed by atoms with Gasteiger partial charge in [-0.25, -0.2) is 0 Å². The number of anilines is 1. The Labute approximate surface area is 148 Å². The summed E-state index contributed by atoms with van der Waals surface area (Å²) < 4.78 is 1.95. The van der Waals surface area contributed by atoms with E-state index < -0.39 is 6.04 Å². The number of nitrogens with zero attached hydrogens (tertiary/aromatic N) is 3. The lowest BCUT2D eigenvalue weighted by molar-refractivity contribution is -0.117. The lowest BCUT2D eigenvalue weighted by Crippen LogP contribution is -2.35. The fourth-order valence-electron chi connectivity index (χ4n) is 2.12. The molecule has 0 spiro atoms. The minimum absolute atomic E-state index is 0. The van der Waals surface area contributed by atoms with Crippen molar-refractivity contribution >= 4 is 36.4 Å². The van der Waals surface area contributed by atoms with Crippen LogP contribution in [-0.2, 0) is 11.3 Å². The molecule has 1 aromatic heterocycles. The standard InChI is InChI=1S/C15H21N5O.2ClH/c1-3-6-13(16)15(21)18-12-8-5-7-11(9-12)14-19-17-10-20(14)4-2;;/h5,7-10,13H,3-4,6,16H2,1-2H3,(H,18,21);2*1H. The molecule has 1 amide bonds. The molecule has 1 unspecified atom stereocenters. The summed E-state index contributed by atoms with van der Waals surface area (Å²) in [4.78, 5) is 12.0. The summed E-state index contributed by atoms with van der Waals surface area (Å²) in [7, 11) is 0. The Hall–Kier alpha value is -1.63. The average molecular weight is 360 g/mol. The van der Waals surface area contributed by atoms with Crippen molar-refractivity contribution in [3.8, 4) is 11.4 Å². The predicted molar refractivity (Wildman–Crippen MR) is 97.1 cm³/mol. The number of nitrogens with two attached hydrogens (primary N) is 1. The Morgan fingerprint density at radius 1 is 1.35 bits per heavy atom. The summed E-state index contributed by atoms with van der Waals surface area (Å²) >= 11 is 0. The van der Waals surface area contributed by atoms with Crippen LogP contribution in [0.3, 0.4) is 0 Å². The summed E-state index contributed by atoms with van der Waals surface area (Å²) in [6, 6.07) is 7.07. The number of hydrogen-bond acceptors (Lipinski definition) is 4. The van der Waals surface area contributed by atoms with Crippen molar-refractivity contribution < 1.29 is 4.79 Å². The van der Waals surface area contributed by atoms with Crippen LogP contribution >= 0.6 is 24.8 Å². The maximum atomic E-state index is 12.0. The van der Waals surface area contributed by atoms with Gasteiger partial charge in [0.1, 0.15) is 6.33 Å². The number of aromatic nitrogens is 3. The molecular formula is C15H23Cl2N5O. The molecule has 0 saturated carbocycles. The molecule has 0 bridgehead atoms. The van der Waals surface area contributed by atoms with Crippen LogP contribution < -0.4 is 11.1 Å². The van der Waals surface area contributed by atoms with Gasteiger partial charge in [-0.2, -0.15) is 0 Å². The van der Waals surface area contributed by atoms with E-state index in [-0.39, 0.29) is 30.7 Å². The Kier molecular flexibility index (Phi) is 9.48. The maximum absolute atomic E-state index is 12.0. The van der Waals surface area contributed by atoms with E-state index in [9.17, 15) is 4.79 Å². The van der Waals surface area contributed by atoms with Gasteiger partial charge in [-0.1, -0.05) is 25.5 Å². The summed E-state index contributed by atoms with van der Waals surface area (Å²) in [5, 5.41) is 10.9.